The number of hydrogen-bond acceptors (Lipinski definition) is 8. The molecule has 0 aromatic carbocycles. The Balaban J connectivity index is 1.75. The summed E-state index contributed by atoms with van der Waals surface area (Å²) in [6.07, 6.45) is 3.37. The summed E-state index contributed by atoms with van der Waals surface area (Å²) in [5.74, 6) is 1.11. The zero-order valence-electron chi connectivity index (χ0n) is 12.3. The van der Waals surface area contributed by atoms with Gasteiger partial charge in [-0.05, 0) is 13.0 Å². The predicted octanol–water partition coefficient (Wildman–Crippen LogP) is 1.55. The summed E-state index contributed by atoms with van der Waals surface area (Å²) in [5, 5.41) is 16.0. The first kappa shape index (κ1) is 13.3. The molecule has 114 valence electrons. The summed E-state index contributed by atoms with van der Waals surface area (Å²) in [6.45, 7) is 1.91. The lowest BCUT2D eigenvalue weighted by atomic mass is 10.2. The van der Waals surface area contributed by atoms with Crippen molar-refractivity contribution in [2.24, 2.45) is 0 Å². The van der Waals surface area contributed by atoms with Gasteiger partial charge in [0, 0.05) is 18.3 Å². The molecule has 9 nitrogen and oxygen atoms in total. The van der Waals surface area contributed by atoms with E-state index >= 15 is 0 Å². The lowest BCUT2D eigenvalue weighted by molar-refractivity contribution is 0.392. The summed E-state index contributed by atoms with van der Waals surface area (Å²) < 4.78 is 12.0. The van der Waals surface area contributed by atoms with Crippen molar-refractivity contribution in [1.29, 1.82) is 0 Å². The van der Waals surface area contributed by atoms with Crippen LogP contribution in [-0.2, 0) is 0 Å². The number of aryl methyl sites for hydroxylation is 1. The highest BCUT2D eigenvalue weighted by atomic mass is 16.5. The fraction of sp³-hybridized carbons (Fsp3) is 0.143. The van der Waals surface area contributed by atoms with E-state index in [9.17, 15) is 0 Å². The summed E-state index contributed by atoms with van der Waals surface area (Å²) in [4.78, 5) is 8.67. The normalized spacial score (nSPS) is 11.0. The van der Waals surface area contributed by atoms with Gasteiger partial charge in [-0.15, -0.1) is 10.2 Å². The Bertz CT molecular complexity index is 974. The lowest BCUT2D eigenvalue weighted by Gasteiger charge is -2.02. The van der Waals surface area contributed by atoms with Crippen LogP contribution >= 0.6 is 0 Å². The molecule has 4 aromatic rings. The van der Waals surface area contributed by atoms with Crippen LogP contribution in [0, 0.1) is 6.92 Å². The Hall–Kier alpha value is -3.36. The van der Waals surface area contributed by atoms with Gasteiger partial charge in [0.25, 0.3) is 5.89 Å². The van der Waals surface area contributed by atoms with E-state index in [0.29, 0.717) is 28.9 Å². The highest BCUT2D eigenvalue weighted by molar-refractivity contribution is 5.60. The Morgan fingerprint density at radius 2 is 2.09 bits per heavy atom. The van der Waals surface area contributed by atoms with Crippen molar-refractivity contribution in [1.82, 2.24) is 34.9 Å². The molecule has 0 saturated carbocycles. The molecule has 4 rings (SSSR count). The predicted molar refractivity (Wildman–Crippen MR) is 78.6 cm³/mol. The second-order valence-corrected chi connectivity index (χ2v) is 4.74. The standard InChI is InChI=1S/C14H11N7O2/c1-8-9(7-15-11-5-6-16-21(8)11)14-17-13(20-23-14)10-3-4-12(22-2)19-18-10/h3-7H,1-2H3. The molecule has 0 saturated heterocycles. The van der Waals surface area contributed by atoms with Gasteiger partial charge in [0.15, 0.2) is 5.65 Å². The average molecular weight is 309 g/mol. The number of rotatable bonds is 3. The van der Waals surface area contributed by atoms with Gasteiger partial charge in [-0.1, -0.05) is 5.16 Å². The molecular weight excluding hydrogens is 298 g/mol. The molecule has 0 spiro atoms. The van der Waals surface area contributed by atoms with Crippen LogP contribution in [0.15, 0.2) is 35.1 Å². The zero-order chi connectivity index (χ0) is 15.8. The molecule has 0 aliphatic carbocycles. The van der Waals surface area contributed by atoms with Gasteiger partial charge in [-0.25, -0.2) is 9.50 Å². The molecule has 0 radical (unpaired) electrons. The van der Waals surface area contributed by atoms with Crippen LogP contribution in [-0.4, -0.2) is 42.0 Å². The Morgan fingerprint density at radius 1 is 1.17 bits per heavy atom. The molecule has 0 aliphatic rings. The fourth-order valence-electron chi connectivity index (χ4n) is 2.19. The second kappa shape index (κ2) is 5.13. The molecule has 0 unspecified atom stereocenters. The van der Waals surface area contributed by atoms with Crippen LogP contribution in [0.2, 0.25) is 0 Å². The number of aromatic nitrogens is 7. The van der Waals surface area contributed by atoms with Gasteiger partial charge in [0.05, 0.1) is 24.6 Å². The van der Waals surface area contributed by atoms with Crippen LogP contribution in [0.3, 0.4) is 0 Å². The molecule has 0 fully saturated rings. The third-order valence-corrected chi connectivity index (χ3v) is 3.39. The fourth-order valence-corrected chi connectivity index (χ4v) is 2.19. The minimum atomic E-state index is 0.343. The van der Waals surface area contributed by atoms with Crippen LogP contribution in [0.5, 0.6) is 5.88 Å². The monoisotopic (exact) mass is 309 g/mol. The molecular formula is C14H11N7O2. The number of fused-ring (bicyclic) bond motifs is 1. The van der Waals surface area contributed by atoms with Gasteiger partial charge in [0.2, 0.25) is 11.7 Å². The molecule has 0 N–H and O–H groups in total. The van der Waals surface area contributed by atoms with E-state index < -0.39 is 0 Å². The van der Waals surface area contributed by atoms with Crippen molar-refractivity contribution in [2.45, 2.75) is 6.92 Å². The Labute approximate surface area is 130 Å². The van der Waals surface area contributed by atoms with Crippen molar-refractivity contribution < 1.29 is 9.26 Å². The van der Waals surface area contributed by atoms with E-state index in [4.69, 9.17) is 9.26 Å². The first-order chi connectivity index (χ1) is 11.3. The third-order valence-electron chi connectivity index (χ3n) is 3.39. The van der Waals surface area contributed by atoms with E-state index in [0.717, 1.165) is 11.3 Å². The first-order valence-electron chi connectivity index (χ1n) is 6.78. The van der Waals surface area contributed by atoms with Crippen LogP contribution in [0.25, 0.3) is 28.6 Å². The Morgan fingerprint density at radius 3 is 2.87 bits per heavy atom. The molecule has 0 amide bonds. The average Bonchev–Trinajstić information content (AvgIpc) is 3.25. The molecule has 4 aromatic heterocycles. The van der Waals surface area contributed by atoms with Crippen LogP contribution in [0.4, 0.5) is 0 Å². The van der Waals surface area contributed by atoms with Crippen molar-refractivity contribution in [2.75, 3.05) is 7.11 Å². The first-order valence-corrected chi connectivity index (χ1v) is 6.78. The largest absolute Gasteiger partial charge is 0.480 e. The highest BCUT2D eigenvalue weighted by Gasteiger charge is 2.16. The van der Waals surface area contributed by atoms with Crippen molar-refractivity contribution in [3.05, 3.63) is 36.3 Å². The molecule has 9 heteroatoms. The maximum Gasteiger partial charge on any atom is 0.261 e. The summed E-state index contributed by atoms with van der Waals surface area (Å²) in [7, 11) is 1.53. The number of methoxy groups -OCH3 is 1. The minimum absolute atomic E-state index is 0.343. The van der Waals surface area contributed by atoms with Gasteiger partial charge in [-0.3, -0.25) is 0 Å². The number of ether oxygens (including phenoxy) is 1. The van der Waals surface area contributed by atoms with Gasteiger partial charge >= 0.3 is 0 Å². The summed E-state index contributed by atoms with van der Waals surface area (Å²) in [6, 6.07) is 5.21. The maximum atomic E-state index is 5.33. The highest BCUT2D eigenvalue weighted by Crippen LogP contribution is 2.24. The van der Waals surface area contributed by atoms with Gasteiger partial charge < -0.3 is 9.26 Å². The minimum Gasteiger partial charge on any atom is -0.480 e. The Kier molecular flexibility index (Phi) is 2.97. The quantitative estimate of drug-likeness (QED) is 0.561. The topological polar surface area (TPSA) is 104 Å². The van der Waals surface area contributed by atoms with E-state index in [1.54, 1.807) is 29.0 Å². The zero-order valence-corrected chi connectivity index (χ0v) is 12.3. The van der Waals surface area contributed by atoms with E-state index in [1.807, 2.05) is 13.0 Å². The van der Waals surface area contributed by atoms with Crippen molar-refractivity contribution >= 4 is 5.65 Å². The van der Waals surface area contributed by atoms with E-state index in [2.05, 4.69) is 30.4 Å². The van der Waals surface area contributed by atoms with Crippen LogP contribution < -0.4 is 4.74 Å². The second-order valence-electron chi connectivity index (χ2n) is 4.74. The van der Waals surface area contributed by atoms with Crippen molar-refractivity contribution in [3.8, 4) is 28.9 Å². The smallest absolute Gasteiger partial charge is 0.261 e. The van der Waals surface area contributed by atoms with Gasteiger partial charge in [-0.2, -0.15) is 10.1 Å². The molecule has 0 atom stereocenters. The maximum absolute atomic E-state index is 5.33. The molecule has 23 heavy (non-hydrogen) atoms. The number of hydrogen-bond donors (Lipinski definition) is 0. The third kappa shape index (κ3) is 2.18. The SMILES string of the molecule is COc1ccc(-c2noc(-c3cnc4ccnn4c3C)n2)nn1. The summed E-state index contributed by atoms with van der Waals surface area (Å²) >= 11 is 0. The van der Waals surface area contributed by atoms with E-state index in [1.165, 1.54) is 7.11 Å². The van der Waals surface area contributed by atoms with Crippen LogP contribution in [0.1, 0.15) is 5.69 Å². The number of nitrogens with zero attached hydrogens (tertiary/aromatic N) is 7. The summed E-state index contributed by atoms with van der Waals surface area (Å²) in [5.41, 5.74) is 2.82. The molecule has 4 heterocycles. The lowest BCUT2D eigenvalue weighted by Crippen LogP contribution is -1.98. The molecule has 0 bridgehead atoms. The van der Waals surface area contributed by atoms with Crippen molar-refractivity contribution in [3.63, 3.8) is 0 Å². The van der Waals surface area contributed by atoms with Gasteiger partial charge in [0.1, 0.15) is 5.69 Å². The van der Waals surface area contributed by atoms with E-state index in [-0.39, 0.29) is 0 Å². The molecule has 0 aliphatic heterocycles.